The molecule has 1 fully saturated rings. The minimum atomic E-state index is 0.147. The second kappa shape index (κ2) is 8.03. The van der Waals surface area contributed by atoms with Gasteiger partial charge in [-0.2, -0.15) is 0 Å². The molecule has 0 radical (unpaired) electrons. The SMILES string of the molecule is CCN1CCCC1CNC(=O)CCc1ccc(OC)cc1. The fourth-order valence-corrected chi connectivity index (χ4v) is 2.91. The number of carbonyl (C=O) groups excluding carboxylic acids is 1. The molecule has 0 bridgehead atoms. The van der Waals surface area contributed by atoms with Crippen LogP contribution >= 0.6 is 0 Å². The van der Waals surface area contributed by atoms with Crippen molar-refractivity contribution in [3.8, 4) is 5.75 Å². The van der Waals surface area contributed by atoms with E-state index in [0.29, 0.717) is 12.5 Å². The summed E-state index contributed by atoms with van der Waals surface area (Å²) in [6.07, 6.45) is 3.77. The quantitative estimate of drug-likeness (QED) is 0.837. The topological polar surface area (TPSA) is 41.6 Å². The van der Waals surface area contributed by atoms with Gasteiger partial charge in [0.1, 0.15) is 5.75 Å². The Bertz CT molecular complexity index is 445. The maximum Gasteiger partial charge on any atom is 0.220 e. The van der Waals surface area contributed by atoms with Gasteiger partial charge >= 0.3 is 0 Å². The summed E-state index contributed by atoms with van der Waals surface area (Å²) in [4.78, 5) is 14.4. The lowest BCUT2D eigenvalue weighted by atomic mass is 10.1. The highest BCUT2D eigenvalue weighted by molar-refractivity contribution is 5.76. The number of rotatable bonds is 7. The predicted molar refractivity (Wildman–Crippen MR) is 84.6 cm³/mol. The summed E-state index contributed by atoms with van der Waals surface area (Å²) in [5, 5.41) is 3.08. The first kappa shape index (κ1) is 15.8. The van der Waals surface area contributed by atoms with Crippen LogP contribution in [0.1, 0.15) is 31.7 Å². The van der Waals surface area contributed by atoms with Crippen LogP contribution < -0.4 is 10.1 Å². The number of nitrogens with one attached hydrogen (secondary N) is 1. The van der Waals surface area contributed by atoms with Crippen molar-refractivity contribution in [1.29, 1.82) is 0 Å². The molecule has 1 aromatic rings. The lowest BCUT2D eigenvalue weighted by Crippen LogP contribution is -2.40. The van der Waals surface area contributed by atoms with Gasteiger partial charge in [0.2, 0.25) is 5.91 Å². The Morgan fingerprint density at radius 2 is 2.14 bits per heavy atom. The smallest absolute Gasteiger partial charge is 0.220 e. The van der Waals surface area contributed by atoms with E-state index < -0.39 is 0 Å². The van der Waals surface area contributed by atoms with Crippen LogP contribution in [0.3, 0.4) is 0 Å². The van der Waals surface area contributed by atoms with Crippen molar-refractivity contribution in [2.75, 3.05) is 26.7 Å². The number of carbonyl (C=O) groups is 1. The van der Waals surface area contributed by atoms with Crippen LogP contribution in [-0.2, 0) is 11.2 Å². The van der Waals surface area contributed by atoms with Gasteiger partial charge < -0.3 is 10.1 Å². The van der Waals surface area contributed by atoms with Crippen molar-refractivity contribution >= 4 is 5.91 Å². The van der Waals surface area contributed by atoms with Gasteiger partial charge in [-0.3, -0.25) is 9.69 Å². The molecule has 1 aromatic carbocycles. The molecule has 21 heavy (non-hydrogen) atoms. The summed E-state index contributed by atoms with van der Waals surface area (Å²) >= 11 is 0. The van der Waals surface area contributed by atoms with Gasteiger partial charge in [-0.1, -0.05) is 19.1 Å². The van der Waals surface area contributed by atoms with E-state index >= 15 is 0 Å². The van der Waals surface area contributed by atoms with E-state index in [1.165, 1.54) is 24.9 Å². The summed E-state index contributed by atoms with van der Waals surface area (Å²) in [5.41, 5.74) is 1.17. The molecular weight excluding hydrogens is 264 g/mol. The zero-order valence-corrected chi connectivity index (χ0v) is 13.1. The number of benzene rings is 1. The van der Waals surface area contributed by atoms with Crippen LogP contribution in [0.2, 0.25) is 0 Å². The zero-order chi connectivity index (χ0) is 15.1. The molecule has 0 aliphatic carbocycles. The van der Waals surface area contributed by atoms with E-state index in [1.54, 1.807) is 7.11 Å². The first-order chi connectivity index (χ1) is 10.2. The van der Waals surface area contributed by atoms with Crippen molar-refractivity contribution < 1.29 is 9.53 Å². The molecule has 1 aliphatic heterocycles. The van der Waals surface area contributed by atoms with Crippen LogP contribution in [0.4, 0.5) is 0 Å². The van der Waals surface area contributed by atoms with E-state index in [1.807, 2.05) is 24.3 Å². The fourth-order valence-electron chi connectivity index (χ4n) is 2.91. The van der Waals surface area contributed by atoms with Crippen molar-refractivity contribution in [3.05, 3.63) is 29.8 Å². The zero-order valence-electron chi connectivity index (χ0n) is 13.1. The first-order valence-corrected chi connectivity index (χ1v) is 7.86. The summed E-state index contributed by atoms with van der Waals surface area (Å²) in [5.74, 6) is 0.998. The number of aryl methyl sites for hydroxylation is 1. The summed E-state index contributed by atoms with van der Waals surface area (Å²) in [7, 11) is 1.66. The molecule has 0 saturated carbocycles. The average molecular weight is 290 g/mol. The van der Waals surface area contributed by atoms with Crippen LogP contribution in [-0.4, -0.2) is 43.6 Å². The molecule has 1 aliphatic rings. The van der Waals surface area contributed by atoms with Crippen LogP contribution in [0, 0.1) is 0 Å². The highest BCUT2D eigenvalue weighted by Gasteiger charge is 2.22. The highest BCUT2D eigenvalue weighted by atomic mass is 16.5. The van der Waals surface area contributed by atoms with Crippen LogP contribution in [0.5, 0.6) is 5.75 Å². The summed E-state index contributed by atoms with van der Waals surface area (Å²) in [6.45, 7) is 5.22. The number of hydrogen-bond donors (Lipinski definition) is 1. The van der Waals surface area contributed by atoms with E-state index in [2.05, 4.69) is 17.1 Å². The molecule has 1 saturated heterocycles. The Kier molecular flexibility index (Phi) is 6.05. The number of amides is 1. The van der Waals surface area contributed by atoms with Gasteiger partial charge in [0.05, 0.1) is 7.11 Å². The van der Waals surface area contributed by atoms with Gasteiger partial charge in [-0.15, -0.1) is 0 Å². The second-order valence-corrected chi connectivity index (χ2v) is 5.58. The van der Waals surface area contributed by atoms with Gasteiger partial charge in [0.25, 0.3) is 0 Å². The maximum atomic E-state index is 11.9. The normalized spacial score (nSPS) is 18.7. The van der Waals surface area contributed by atoms with Crippen LogP contribution in [0.25, 0.3) is 0 Å². The lowest BCUT2D eigenvalue weighted by molar-refractivity contribution is -0.121. The molecular formula is C17H26N2O2. The van der Waals surface area contributed by atoms with Crippen molar-refractivity contribution in [2.24, 2.45) is 0 Å². The first-order valence-electron chi connectivity index (χ1n) is 7.86. The molecule has 2 rings (SSSR count). The maximum absolute atomic E-state index is 11.9. The summed E-state index contributed by atoms with van der Waals surface area (Å²) in [6, 6.07) is 8.43. The molecule has 1 unspecified atom stereocenters. The van der Waals surface area contributed by atoms with Crippen molar-refractivity contribution in [3.63, 3.8) is 0 Å². The molecule has 4 nitrogen and oxygen atoms in total. The lowest BCUT2D eigenvalue weighted by Gasteiger charge is -2.22. The monoisotopic (exact) mass is 290 g/mol. The fraction of sp³-hybridized carbons (Fsp3) is 0.588. The largest absolute Gasteiger partial charge is 0.497 e. The third-order valence-electron chi connectivity index (χ3n) is 4.24. The van der Waals surface area contributed by atoms with Gasteiger partial charge in [0, 0.05) is 19.0 Å². The molecule has 1 amide bonds. The molecule has 0 aromatic heterocycles. The predicted octanol–water partition coefficient (Wildman–Crippen LogP) is 2.23. The minimum absolute atomic E-state index is 0.147. The standard InChI is InChI=1S/C17H26N2O2/c1-3-19-12-4-5-15(19)13-18-17(20)11-8-14-6-9-16(21-2)10-7-14/h6-7,9-10,15H,3-5,8,11-13H2,1-2H3,(H,18,20). The minimum Gasteiger partial charge on any atom is -0.497 e. The van der Waals surface area contributed by atoms with Gasteiger partial charge in [-0.25, -0.2) is 0 Å². The molecule has 1 N–H and O–H groups in total. The molecule has 4 heteroatoms. The Hall–Kier alpha value is -1.55. The molecule has 1 heterocycles. The number of nitrogens with zero attached hydrogens (tertiary/aromatic N) is 1. The molecule has 0 spiro atoms. The third kappa shape index (κ3) is 4.74. The van der Waals surface area contributed by atoms with Crippen molar-refractivity contribution in [1.82, 2.24) is 10.2 Å². The average Bonchev–Trinajstić information content (AvgIpc) is 2.99. The Morgan fingerprint density at radius 3 is 2.81 bits per heavy atom. The van der Waals surface area contributed by atoms with E-state index in [9.17, 15) is 4.79 Å². The Morgan fingerprint density at radius 1 is 1.38 bits per heavy atom. The Balaban J connectivity index is 1.69. The number of hydrogen-bond acceptors (Lipinski definition) is 3. The van der Waals surface area contributed by atoms with E-state index in [4.69, 9.17) is 4.74 Å². The summed E-state index contributed by atoms with van der Waals surface area (Å²) < 4.78 is 5.13. The third-order valence-corrected chi connectivity index (χ3v) is 4.24. The van der Waals surface area contributed by atoms with Gasteiger partial charge in [-0.05, 0) is 50.0 Å². The Labute approximate surface area is 127 Å². The van der Waals surface area contributed by atoms with Crippen LogP contribution in [0.15, 0.2) is 24.3 Å². The number of likely N-dealkylation sites (N-methyl/N-ethyl adjacent to an activating group) is 1. The number of methoxy groups -OCH3 is 1. The molecule has 116 valence electrons. The number of ether oxygens (including phenoxy) is 1. The van der Waals surface area contributed by atoms with E-state index in [0.717, 1.165) is 25.3 Å². The second-order valence-electron chi connectivity index (χ2n) is 5.58. The van der Waals surface area contributed by atoms with Gasteiger partial charge in [0.15, 0.2) is 0 Å². The highest BCUT2D eigenvalue weighted by Crippen LogP contribution is 2.16. The van der Waals surface area contributed by atoms with E-state index in [-0.39, 0.29) is 5.91 Å². The number of likely N-dealkylation sites (tertiary alicyclic amines) is 1. The molecule has 1 atom stereocenters. The van der Waals surface area contributed by atoms with Crippen molar-refractivity contribution in [2.45, 2.75) is 38.6 Å².